The molecular formula is C21H34OSi. The minimum atomic E-state index is -1.27. The van der Waals surface area contributed by atoms with Crippen molar-refractivity contribution < 1.29 is 4.79 Å². The molecule has 2 heteroatoms. The van der Waals surface area contributed by atoms with Crippen molar-refractivity contribution in [2.45, 2.75) is 84.5 Å². The summed E-state index contributed by atoms with van der Waals surface area (Å²) in [5.74, 6) is 8.27. The maximum Gasteiger partial charge on any atom is 0.137 e. The largest absolute Gasteiger partial charge is 0.299 e. The molecule has 0 aromatic rings. The molecule has 3 atom stereocenters. The maximum atomic E-state index is 12.2. The molecule has 1 saturated carbocycles. The quantitative estimate of drug-likeness (QED) is 0.361. The Morgan fingerprint density at radius 3 is 2.65 bits per heavy atom. The van der Waals surface area contributed by atoms with Crippen LogP contribution in [0.25, 0.3) is 0 Å². The average molecular weight is 331 g/mol. The number of fused-ring (bicyclic) bond motifs is 1. The van der Waals surface area contributed by atoms with Crippen molar-refractivity contribution >= 4 is 13.9 Å². The molecule has 23 heavy (non-hydrogen) atoms. The van der Waals surface area contributed by atoms with Crippen molar-refractivity contribution in [1.29, 1.82) is 0 Å². The van der Waals surface area contributed by atoms with Gasteiger partial charge >= 0.3 is 0 Å². The Balaban J connectivity index is 2.08. The van der Waals surface area contributed by atoms with E-state index in [9.17, 15) is 4.79 Å². The summed E-state index contributed by atoms with van der Waals surface area (Å²) in [6.07, 6.45) is 7.28. The molecule has 0 saturated heterocycles. The van der Waals surface area contributed by atoms with E-state index in [-0.39, 0.29) is 16.4 Å². The summed E-state index contributed by atoms with van der Waals surface area (Å²) in [7, 11) is -1.27. The van der Waals surface area contributed by atoms with Gasteiger partial charge in [0.1, 0.15) is 5.78 Å². The van der Waals surface area contributed by atoms with E-state index in [0.29, 0.717) is 11.7 Å². The molecule has 0 unspecified atom stereocenters. The van der Waals surface area contributed by atoms with E-state index in [1.807, 2.05) is 0 Å². The first-order valence-corrected chi connectivity index (χ1v) is 12.7. The average Bonchev–Trinajstić information content (AvgIpc) is 2.75. The zero-order valence-corrected chi connectivity index (χ0v) is 17.2. The molecule has 128 valence electrons. The molecule has 0 radical (unpaired) electrons. The van der Waals surface area contributed by atoms with Gasteiger partial charge in [0.05, 0.1) is 8.07 Å². The molecule has 2 rings (SSSR count). The highest BCUT2D eigenvalue weighted by atomic mass is 28.3. The first-order valence-electron chi connectivity index (χ1n) is 9.22. The topological polar surface area (TPSA) is 17.1 Å². The smallest absolute Gasteiger partial charge is 0.137 e. The number of ketones is 1. The molecule has 0 bridgehead atoms. The minimum Gasteiger partial charge on any atom is -0.299 e. The summed E-state index contributed by atoms with van der Waals surface area (Å²) in [6, 6.07) is 0. The van der Waals surface area contributed by atoms with Gasteiger partial charge in [-0.2, -0.15) is 0 Å². The number of Topliss-reactive ketones (excluding diaryl/α,β-unsaturated/α-hetero) is 1. The molecule has 1 nitrogen and oxygen atoms in total. The highest BCUT2D eigenvalue weighted by Crippen LogP contribution is 2.53. The Bertz CT molecular complexity index is 567. The molecule has 0 spiro atoms. The van der Waals surface area contributed by atoms with Crippen molar-refractivity contribution in [2.75, 3.05) is 0 Å². The van der Waals surface area contributed by atoms with E-state index in [0.717, 1.165) is 25.7 Å². The maximum absolute atomic E-state index is 12.2. The van der Waals surface area contributed by atoms with E-state index in [1.54, 1.807) is 0 Å². The standard InChI is InChI=1S/C21H34OSi/c1-16(10-8-14-20(2,3)23(5,6)7)17-12-13-18-19(22)11-9-15-21(17,18)4/h12,16,18H,9-11,13,15H2,1-7H3/t16-,18+,21-/m1/s1. The van der Waals surface area contributed by atoms with E-state index in [1.165, 1.54) is 12.0 Å². The van der Waals surface area contributed by atoms with Gasteiger partial charge in [-0.1, -0.05) is 59.0 Å². The molecule has 0 N–H and O–H groups in total. The number of carbonyl (C=O) groups excluding carboxylic acids is 1. The van der Waals surface area contributed by atoms with Crippen LogP contribution >= 0.6 is 0 Å². The fourth-order valence-corrected chi connectivity index (χ4v) is 4.50. The van der Waals surface area contributed by atoms with Crippen LogP contribution < -0.4 is 0 Å². The third-order valence-corrected chi connectivity index (χ3v) is 10.6. The van der Waals surface area contributed by atoms with Gasteiger partial charge in [0.25, 0.3) is 0 Å². The van der Waals surface area contributed by atoms with E-state index in [4.69, 9.17) is 0 Å². The van der Waals surface area contributed by atoms with Crippen LogP contribution in [0.3, 0.4) is 0 Å². The summed E-state index contributed by atoms with van der Waals surface area (Å²) in [5, 5.41) is 0.157. The molecule has 0 amide bonds. The molecular weight excluding hydrogens is 296 g/mol. The van der Waals surface area contributed by atoms with Gasteiger partial charge in [0, 0.05) is 23.8 Å². The van der Waals surface area contributed by atoms with Crippen LogP contribution in [0.1, 0.15) is 59.8 Å². The molecule has 2 aliphatic rings. The Morgan fingerprint density at radius 1 is 1.39 bits per heavy atom. The van der Waals surface area contributed by atoms with Crippen LogP contribution in [0.5, 0.6) is 0 Å². The minimum absolute atomic E-state index is 0.116. The first kappa shape index (κ1) is 18.5. The lowest BCUT2D eigenvalue weighted by atomic mass is 9.63. The zero-order chi connectivity index (χ0) is 17.5. The first-order chi connectivity index (χ1) is 10.5. The van der Waals surface area contributed by atoms with Crippen LogP contribution in [0.4, 0.5) is 0 Å². The van der Waals surface area contributed by atoms with Crippen LogP contribution in [0.15, 0.2) is 11.6 Å². The second-order valence-electron chi connectivity index (χ2n) is 9.47. The van der Waals surface area contributed by atoms with Crippen LogP contribution in [-0.4, -0.2) is 13.9 Å². The SMILES string of the molecule is C[C@H](CC#CC(C)(C)[Si](C)(C)C)C1=CC[C@H]2C(=O)CCC[C@]12C. The van der Waals surface area contributed by atoms with Crippen molar-refractivity contribution in [3.8, 4) is 11.8 Å². The predicted octanol–water partition coefficient (Wildman–Crippen LogP) is 5.84. The van der Waals surface area contributed by atoms with Crippen LogP contribution in [0.2, 0.25) is 24.7 Å². The third-order valence-electron chi connectivity index (χ3n) is 6.73. The van der Waals surface area contributed by atoms with Crippen molar-refractivity contribution in [1.82, 2.24) is 0 Å². The normalized spacial score (nSPS) is 29.4. The van der Waals surface area contributed by atoms with Gasteiger partial charge in [-0.15, -0.1) is 11.8 Å². The lowest BCUT2D eigenvalue weighted by Crippen LogP contribution is -2.36. The van der Waals surface area contributed by atoms with Gasteiger partial charge in [-0.05, 0) is 30.6 Å². The number of carbonyl (C=O) groups is 1. The zero-order valence-electron chi connectivity index (χ0n) is 16.2. The number of hydrogen-bond donors (Lipinski definition) is 0. The predicted molar refractivity (Wildman–Crippen MR) is 102 cm³/mol. The van der Waals surface area contributed by atoms with Gasteiger partial charge in [0.2, 0.25) is 0 Å². The molecule has 0 aromatic heterocycles. The molecule has 0 heterocycles. The van der Waals surface area contributed by atoms with Gasteiger partial charge in [0.15, 0.2) is 0 Å². The number of allylic oxidation sites excluding steroid dienone is 2. The Labute approximate surface area is 144 Å². The van der Waals surface area contributed by atoms with Crippen molar-refractivity contribution in [3.63, 3.8) is 0 Å². The molecule has 0 aliphatic heterocycles. The fraction of sp³-hybridized carbons (Fsp3) is 0.762. The van der Waals surface area contributed by atoms with Gasteiger partial charge in [-0.25, -0.2) is 0 Å². The molecule has 0 aromatic carbocycles. The summed E-state index contributed by atoms with van der Waals surface area (Å²) < 4.78 is 0. The Hall–Kier alpha value is -0.813. The summed E-state index contributed by atoms with van der Waals surface area (Å²) in [5.41, 5.74) is 1.63. The lowest BCUT2D eigenvalue weighted by Gasteiger charge is -2.39. The Morgan fingerprint density at radius 2 is 2.04 bits per heavy atom. The summed E-state index contributed by atoms with van der Waals surface area (Å²) >= 11 is 0. The Kier molecular flexibility index (Phi) is 5.03. The third kappa shape index (κ3) is 3.50. The van der Waals surface area contributed by atoms with Gasteiger partial charge < -0.3 is 0 Å². The second kappa shape index (κ2) is 6.24. The van der Waals surface area contributed by atoms with Crippen LogP contribution in [-0.2, 0) is 4.79 Å². The van der Waals surface area contributed by atoms with Crippen molar-refractivity contribution in [3.05, 3.63) is 11.6 Å². The van der Waals surface area contributed by atoms with Crippen molar-refractivity contribution in [2.24, 2.45) is 17.3 Å². The van der Waals surface area contributed by atoms with Crippen LogP contribution in [0, 0.1) is 29.1 Å². The lowest BCUT2D eigenvalue weighted by molar-refractivity contribution is -0.128. The number of hydrogen-bond acceptors (Lipinski definition) is 1. The molecule has 1 fully saturated rings. The highest BCUT2D eigenvalue weighted by molar-refractivity contribution is 6.79. The summed E-state index contributed by atoms with van der Waals surface area (Å²) in [6.45, 7) is 16.4. The van der Waals surface area contributed by atoms with E-state index in [2.05, 4.69) is 65.3 Å². The van der Waals surface area contributed by atoms with Gasteiger partial charge in [-0.3, -0.25) is 4.79 Å². The fourth-order valence-electron chi connectivity index (χ4n) is 4.04. The number of rotatable bonds is 3. The van der Waals surface area contributed by atoms with E-state index >= 15 is 0 Å². The monoisotopic (exact) mass is 330 g/mol. The second-order valence-corrected chi connectivity index (χ2v) is 15.2. The summed E-state index contributed by atoms with van der Waals surface area (Å²) in [4.78, 5) is 12.2. The highest BCUT2D eigenvalue weighted by Gasteiger charge is 2.47. The van der Waals surface area contributed by atoms with E-state index < -0.39 is 8.07 Å². The molecule has 2 aliphatic carbocycles.